The number of fused-ring (bicyclic) bond motifs is 2. The number of carbonyl (C=O) groups excluding carboxylic acids is 2. The van der Waals surface area contributed by atoms with Crippen molar-refractivity contribution >= 4 is 61.8 Å². The number of benzene rings is 2. The summed E-state index contributed by atoms with van der Waals surface area (Å²) in [5.74, 6) is -0.416. The van der Waals surface area contributed by atoms with E-state index < -0.39 is 0 Å². The van der Waals surface area contributed by atoms with E-state index in [2.05, 4.69) is 10.3 Å². The molecule has 29 heavy (non-hydrogen) atoms. The van der Waals surface area contributed by atoms with E-state index in [4.69, 9.17) is 4.74 Å². The molecule has 0 saturated heterocycles. The van der Waals surface area contributed by atoms with Gasteiger partial charge in [0, 0.05) is 11.6 Å². The van der Waals surface area contributed by atoms with E-state index in [1.165, 1.54) is 18.9 Å². The first kappa shape index (κ1) is 19.5. The number of amides is 1. The van der Waals surface area contributed by atoms with Gasteiger partial charge in [0.25, 0.3) is 0 Å². The van der Waals surface area contributed by atoms with Gasteiger partial charge in [0.1, 0.15) is 6.54 Å². The number of hydrogen-bond donors (Lipinski definition) is 1. The minimum absolute atomic E-state index is 0.0949. The van der Waals surface area contributed by atoms with Crippen molar-refractivity contribution in [3.05, 3.63) is 54.7 Å². The monoisotopic (exact) mass is 425 g/mol. The standard InChI is InChI=1S/C21H19N3O3S2/c1-13(28-21-23-16-6-3-4-9-18(16)29-21)20(26)22-15-7-5-8-17-14(15)10-11-24(17)12-19(25)27-2/h3-11,13H,12H2,1-2H3,(H,22,26). The average molecular weight is 426 g/mol. The number of thiazole rings is 1. The number of rotatable bonds is 6. The number of carbonyl (C=O) groups is 2. The first-order valence-corrected chi connectivity index (χ1v) is 10.7. The zero-order valence-corrected chi connectivity index (χ0v) is 17.5. The molecule has 148 valence electrons. The molecule has 0 fully saturated rings. The van der Waals surface area contributed by atoms with Crippen molar-refractivity contribution in [3.8, 4) is 0 Å². The van der Waals surface area contributed by atoms with E-state index in [-0.39, 0.29) is 23.7 Å². The molecule has 1 unspecified atom stereocenters. The molecule has 0 bridgehead atoms. The fourth-order valence-electron chi connectivity index (χ4n) is 3.01. The second-order valence-electron chi connectivity index (χ2n) is 6.45. The largest absolute Gasteiger partial charge is 0.468 e. The molecule has 2 aromatic heterocycles. The van der Waals surface area contributed by atoms with Crippen molar-refractivity contribution < 1.29 is 14.3 Å². The summed E-state index contributed by atoms with van der Waals surface area (Å²) in [7, 11) is 1.37. The summed E-state index contributed by atoms with van der Waals surface area (Å²) in [4.78, 5) is 28.9. The lowest BCUT2D eigenvalue weighted by molar-refractivity contribution is -0.141. The summed E-state index contributed by atoms with van der Waals surface area (Å²) >= 11 is 3.04. The van der Waals surface area contributed by atoms with Crippen LogP contribution < -0.4 is 5.32 Å². The topological polar surface area (TPSA) is 73.2 Å². The van der Waals surface area contributed by atoms with Gasteiger partial charge in [-0.25, -0.2) is 4.98 Å². The molecule has 4 rings (SSSR count). The van der Waals surface area contributed by atoms with Gasteiger partial charge in [-0.15, -0.1) is 11.3 Å². The van der Waals surface area contributed by atoms with Crippen molar-refractivity contribution in [1.82, 2.24) is 9.55 Å². The number of methoxy groups -OCH3 is 1. The fraction of sp³-hybridized carbons (Fsp3) is 0.190. The van der Waals surface area contributed by atoms with Crippen LogP contribution >= 0.6 is 23.1 Å². The van der Waals surface area contributed by atoms with Gasteiger partial charge < -0.3 is 14.6 Å². The molecule has 0 saturated carbocycles. The SMILES string of the molecule is COC(=O)Cn1ccc2c(NC(=O)C(C)Sc3nc4ccccc4s3)cccc21. The van der Waals surface area contributed by atoms with Crippen LogP contribution in [0.2, 0.25) is 0 Å². The second kappa shape index (κ2) is 8.26. The van der Waals surface area contributed by atoms with Crippen LogP contribution in [0.1, 0.15) is 6.92 Å². The summed E-state index contributed by atoms with van der Waals surface area (Å²) < 4.78 is 8.52. The highest BCUT2D eigenvalue weighted by Gasteiger charge is 2.18. The van der Waals surface area contributed by atoms with E-state index in [1.54, 1.807) is 15.9 Å². The predicted octanol–water partition coefficient (Wildman–Crippen LogP) is 4.54. The number of aromatic nitrogens is 2. The Balaban J connectivity index is 1.50. The van der Waals surface area contributed by atoms with Crippen LogP contribution in [0.15, 0.2) is 59.1 Å². The van der Waals surface area contributed by atoms with Gasteiger partial charge in [0.15, 0.2) is 4.34 Å². The summed E-state index contributed by atoms with van der Waals surface area (Å²) in [5, 5.41) is 3.58. The molecular weight excluding hydrogens is 406 g/mol. The molecule has 0 aliphatic heterocycles. The maximum absolute atomic E-state index is 12.8. The number of hydrogen-bond acceptors (Lipinski definition) is 6. The molecule has 1 N–H and O–H groups in total. The highest BCUT2D eigenvalue weighted by Crippen LogP contribution is 2.33. The van der Waals surface area contributed by atoms with Gasteiger partial charge in [-0.05, 0) is 37.3 Å². The molecule has 0 aliphatic rings. The van der Waals surface area contributed by atoms with Crippen molar-refractivity contribution in [3.63, 3.8) is 0 Å². The molecular formula is C21H19N3O3S2. The molecule has 0 spiro atoms. The maximum atomic E-state index is 12.8. The number of nitrogens with zero attached hydrogens (tertiary/aromatic N) is 2. The molecule has 2 aromatic carbocycles. The number of nitrogens with one attached hydrogen (secondary N) is 1. The van der Waals surface area contributed by atoms with Gasteiger partial charge in [-0.1, -0.05) is 30.0 Å². The van der Waals surface area contributed by atoms with Crippen LogP contribution in [0.25, 0.3) is 21.1 Å². The molecule has 6 nitrogen and oxygen atoms in total. The van der Waals surface area contributed by atoms with Crippen molar-refractivity contribution in [2.45, 2.75) is 23.1 Å². The van der Waals surface area contributed by atoms with E-state index in [0.29, 0.717) is 5.69 Å². The van der Waals surface area contributed by atoms with Crippen LogP contribution in [-0.2, 0) is 20.9 Å². The molecule has 0 radical (unpaired) electrons. The third-order valence-corrected chi connectivity index (χ3v) is 6.75. The highest BCUT2D eigenvalue weighted by atomic mass is 32.2. The van der Waals surface area contributed by atoms with Gasteiger partial charge in [0.05, 0.1) is 33.8 Å². The van der Waals surface area contributed by atoms with Crippen LogP contribution in [0.4, 0.5) is 5.69 Å². The zero-order chi connectivity index (χ0) is 20.4. The Morgan fingerprint density at radius 3 is 2.83 bits per heavy atom. The lowest BCUT2D eigenvalue weighted by Crippen LogP contribution is -2.22. The van der Waals surface area contributed by atoms with Gasteiger partial charge in [0.2, 0.25) is 5.91 Å². The molecule has 2 heterocycles. The normalized spacial score (nSPS) is 12.2. The van der Waals surface area contributed by atoms with E-state index >= 15 is 0 Å². The number of thioether (sulfide) groups is 1. The Hall–Kier alpha value is -2.84. The predicted molar refractivity (Wildman–Crippen MR) is 118 cm³/mol. The van der Waals surface area contributed by atoms with Gasteiger partial charge in [-0.3, -0.25) is 9.59 Å². The number of para-hydroxylation sites is 1. The quantitative estimate of drug-likeness (QED) is 0.363. The Labute approximate surface area is 175 Å². The summed E-state index contributed by atoms with van der Waals surface area (Å²) in [6.07, 6.45) is 1.82. The fourth-order valence-corrected chi connectivity index (χ4v) is 5.23. The van der Waals surface area contributed by atoms with Crippen LogP contribution in [0.3, 0.4) is 0 Å². The van der Waals surface area contributed by atoms with Crippen molar-refractivity contribution in [2.75, 3.05) is 12.4 Å². The third kappa shape index (κ3) is 4.13. The molecule has 0 aliphatic carbocycles. The minimum Gasteiger partial charge on any atom is -0.468 e. The lowest BCUT2D eigenvalue weighted by Gasteiger charge is -2.12. The Bertz CT molecular complexity index is 1170. The molecule has 4 aromatic rings. The average Bonchev–Trinajstić information content (AvgIpc) is 3.32. The lowest BCUT2D eigenvalue weighted by atomic mass is 10.2. The Morgan fingerprint density at radius 2 is 2.03 bits per heavy atom. The Kier molecular flexibility index (Phi) is 5.55. The van der Waals surface area contributed by atoms with Crippen LogP contribution in [-0.4, -0.2) is 33.8 Å². The van der Waals surface area contributed by atoms with Crippen LogP contribution in [0.5, 0.6) is 0 Å². The van der Waals surface area contributed by atoms with Crippen molar-refractivity contribution in [2.24, 2.45) is 0 Å². The first-order valence-electron chi connectivity index (χ1n) is 9.03. The molecule has 1 amide bonds. The smallest absolute Gasteiger partial charge is 0.325 e. The van der Waals surface area contributed by atoms with Crippen molar-refractivity contribution in [1.29, 1.82) is 0 Å². The number of ether oxygens (including phenoxy) is 1. The summed E-state index contributed by atoms with van der Waals surface area (Å²) in [6.45, 7) is 2.00. The van der Waals surface area contributed by atoms with E-state index in [9.17, 15) is 9.59 Å². The number of anilines is 1. The second-order valence-corrected chi connectivity index (χ2v) is 9.07. The minimum atomic E-state index is -0.321. The number of esters is 1. The van der Waals surface area contributed by atoms with Crippen LogP contribution in [0, 0.1) is 0 Å². The molecule has 8 heteroatoms. The summed E-state index contributed by atoms with van der Waals surface area (Å²) in [5.41, 5.74) is 2.52. The zero-order valence-electron chi connectivity index (χ0n) is 15.9. The van der Waals surface area contributed by atoms with E-state index in [0.717, 1.165) is 25.5 Å². The summed E-state index contributed by atoms with van der Waals surface area (Å²) in [6, 6.07) is 15.5. The molecule has 1 atom stereocenters. The van der Waals surface area contributed by atoms with Gasteiger partial charge in [-0.2, -0.15) is 0 Å². The highest BCUT2D eigenvalue weighted by molar-refractivity contribution is 8.02. The van der Waals surface area contributed by atoms with E-state index in [1.807, 2.05) is 61.7 Å². The van der Waals surface area contributed by atoms with Gasteiger partial charge >= 0.3 is 5.97 Å². The Morgan fingerprint density at radius 1 is 1.21 bits per heavy atom. The maximum Gasteiger partial charge on any atom is 0.325 e. The third-order valence-electron chi connectivity index (χ3n) is 4.52. The first-order chi connectivity index (χ1) is 14.0.